The maximum Gasteiger partial charge on any atom is 0.416 e. The fraction of sp³-hybridized carbons (Fsp3) is 0.333. The van der Waals surface area contributed by atoms with Crippen LogP contribution in [0.2, 0.25) is 0 Å². The van der Waals surface area contributed by atoms with Gasteiger partial charge in [-0.3, -0.25) is 9.48 Å². The van der Waals surface area contributed by atoms with Crippen molar-refractivity contribution in [3.63, 3.8) is 0 Å². The number of halogens is 3. The number of nitrogens with zero attached hydrogens (tertiary/aromatic N) is 5. The molecule has 1 fully saturated rings. The number of amides is 1. The molecule has 0 unspecified atom stereocenters. The summed E-state index contributed by atoms with van der Waals surface area (Å²) in [6.07, 6.45) is 2.11. The minimum atomic E-state index is -4.53. The smallest absolute Gasteiger partial charge is 0.322 e. The standard InChI is InChI=1S/C27H28F3N7O/c1-16-7-8-19(11-25(16)37-15-24(34-35-37)23-14-32-36(3)17(23)2)26(38)33-22-10-18(13-31-21-5-4-6-21)9-20(12-22)27(28,29)30/h7-12,14-15,21,31H,4-6,13H2,1-3H3,(H,33,38). The summed E-state index contributed by atoms with van der Waals surface area (Å²) in [5.74, 6) is -0.521. The second-order valence-corrected chi connectivity index (χ2v) is 9.70. The molecule has 11 heteroatoms. The Balaban J connectivity index is 1.39. The van der Waals surface area contributed by atoms with E-state index in [9.17, 15) is 18.0 Å². The Morgan fingerprint density at radius 2 is 1.92 bits per heavy atom. The number of hydrogen-bond acceptors (Lipinski definition) is 5. The first-order valence-electron chi connectivity index (χ1n) is 12.4. The molecule has 2 heterocycles. The number of aromatic nitrogens is 5. The molecular formula is C27H28F3N7O. The Hall–Kier alpha value is -3.99. The van der Waals surface area contributed by atoms with Crippen LogP contribution in [0.25, 0.3) is 16.9 Å². The normalized spacial score (nSPS) is 13.9. The fourth-order valence-electron chi connectivity index (χ4n) is 4.36. The van der Waals surface area contributed by atoms with Crippen molar-refractivity contribution in [1.82, 2.24) is 30.1 Å². The Morgan fingerprint density at radius 3 is 2.58 bits per heavy atom. The first kappa shape index (κ1) is 25.7. The molecular weight excluding hydrogens is 495 g/mol. The Morgan fingerprint density at radius 1 is 1.13 bits per heavy atom. The zero-order valence-electron chi connectivity index (χ0n) is 21.3. The van der Waals surface area contributed by atoms with Crippen LogP contribution < -0.4 is 10.6 Å². The molecule has 1 saturated carbocycles. The van der Waals surface area contributed by atoms with Gasteiger partial charge in [-0.1, -0.05) is 17.7 Å². The molecule has 38 heavy (non-hydrogen) atoms. The molecule has 0 bridgehead atoms. The molecule has 1 aliphatic rings. The summed E-state index contributed by atoms with van der Waals surface area (Å²) >= 11 is 0. The van der Waals surface area contributed by atoms with Gasteiger partial charge in [-0.25, -0.2) is 4.68 Å². The number of anilines is 1. The van der Waals surface area contributed by atoms with Gasteiger partial charge in [0.2, 0.25) is 0 Å². The van der Waals surface area contributed by atoms with Crippen molar-refractivity contribution in [1.29, 1.82) is 0 Å². The lowest BCUT2D eigenvalue weighted by Gasteiger charge is -2.26. The molecule has 0 radical (unpaired) electrons. The zero-order valence-corrected chi connectivity index (χ0v) is 21.3. The van der Waals surface area contributed by atoms with E-state index in [2.05, 4.69) is 26.0 Å². The van der Waals surface area contributed by atoms with E-state index in [-0.39, 0.29) is 11.3 Å². The van der Waals surface area contributed by atoms with Gasteiger partial charge in [-0.2, -0.15) is 18.3 Å². The van der Waals surface area contributed by atoms with Crippen molar-refractivity contribution >= 4 is 11.6 Å². The molecule has 0 atom stereocenters. The summed E-state index contributed by atoms with van der Waals surface area (Å²) in [6, 6.07) is 9.02. The van der Waals surface area contributed by atoms with E-state index in [4.69, 9.17) is 0 Å². The number of carbonyl (C=O) groups excluding carboxylic acids is 1. The van der Waals surface area contributed by atoms with Crippen LogP contribution >= 0.6 is 0 Å². The molecule has 2 aromatic heterocycles. The second kappa shape index (κ2) is 10.1. The van der Waals surface area contributed by atoms with E-state index in [0.717, 1.165) is 48.2 Å². The van der Waals surface area contributed by atoms with Crippen LogP contribution in [0.4, 0.5) is 18.9 Å². The maximum absolute atomic E-state index is 13.6. The molecule has 4 aromatic rings. The quantitative estimate of drug-likeness (QED) is 0.348. The van der Waals surface area contributed by atoms with Gasteiger partial charge in [-0.05, 0) is 68.1 Å². The number of carbonyl (C=O) groups is 1. The third kappa shape index (κ3) is 5.33. The Bertz CT molecular complexity index is 1480. The summed E-state index contributed by atoms with van der Waals surface area (Å²) < 4.78 is 44.0. The lowest BCUT2D eigenvalue weighted by atomic mass is 9.93. The number of rotatable bonds is 7. The van der Waals surface area contributed by atoms with Crippen LogP contribution in [-0.4, -0.2) is 36.7 Å². The lowest BCUT2D eigenvalue weighted by molar-refractivity contribution is -0.137. The lowest BCUT2D eigenvalue weighted by Crippen LogP contribution is -2.34. The molecule has 1 aliphatic carbocycles. The predicted octanol–water partition coefficient (Wildman–Crippen LogP) is 5.20. The molecule has 2 N–H and O–H groups in total. The Labute approximate surface area is 217 Å². The summed E-state index contributed by atoms with van der Waals surface area (Å²) in [6.45, 7) is 4.11. The second-order valence-electron chi connectivity index (χ2n) is 9.70. The van der Waals surface area contributed by atoms with Gasteiger partial charge in [0, 0.05) is 42.1 Å². The van der Waals surface area contributed by atoms with Crippen molar-refractivity contribution in [2.45, 2.75) is 51.9 Å². The van der Waals surface area contributed by atoms with Crippen molar-refractivity contribution in [2.24, 2.45) is 7.05 Å². The van der Waals surface area contributed by atoms with Crippen LogP contribution in [0.1, 0.15) is 52.0 Å². The largest absolute Gasteiger partial charge is 0.416 e. The van der Waals surface area contributed by atoms with E-state index in [0.29, 0.717) is 29.5 Å². The van der Waals surface area contributed by atoms with Gasteiger partial charge in [0.1, 0.15) is 5.69 Å². The van der Waals surface area contributed by atoms with Crippen molar-refractivity contribution < 1.29 is 18.0 Å². The third-order valence-corrected chi connectivity index (χ3v) is 7.00. The first-order valence-corrected chi connectivity index (χ1v) is 12.4. The maximum atomic E-state index is 13.6. The molecule has 8 nitrogen and oxygen atoms in total. The van der Waals surface area contributed by atoms with Gasteiger partial charge in [0.25, 0.3) is 5.91 Å². The van der Waals surface area contributed by atoms with E-state index >= 15 is 0 Å². The van der Waals surface area contributed by atoms with Crippen molar-refractivity contribution in [2.75, 3.05) is 5.32 Å². The summed E-state index contributed by atoms with van der Waals surface area (Å²) in [5, 5.41) is 18.6. The highest BCUT2D eigenvalue weighted by molar-refractivity contribution is 6.04. The molecule has 1 amide bonds. The molecule has 198 valence electrons. The van der Waals surface area contributed by atoms with E-state index in [1.165, 1.54) is 0 Å². The highest BCUT2D eigenvalue weighted by Gasteiger charge is 2.31. The number of aryl methyl sites for hydroxylation is 2. The highest BCUT2D eigenvalue weighted by atomic mass is 19.4. The van der Waals surface area contributed by atoms with Crippen molar-refractivity contribution in [3.05, 3.63) is 76.7 Å². The average Bonchev–Trinajstić information content (AvgIpc) is 3.44. The SMILES string of the molecule is Cc1ccc(C(=O)Nc2cc(CNC3CCC3)cc(C(F)(F)F)c2)cc1-n1cc(-c2cnn(C)c2C)nn1. The van der Waals surface area contributed by atoms with E-state index < -0.39 is 17.6 Å². The number of hydrogen-bond donors (Lipinski definition) is 2. The van der Waals surface area contributed by atoms with Gasteiger partial charge >= 0.3 is 6.18 Å². The minimum Gasteiger partial charge on any atom is -0.322 e. The summed E-state index contributed by atoms with van der Waals surface area (Å²) in [7, 11) is 1.84. The van der Waals surface area contributed by atoms with Crippen molar-refractivity contribution in [3.8, 4) is 16.9 Å². The number of alkyl halides is 3. The zero-order chi connectivity index (χ0) is 27.0. The molecule has 2 aromatic carbocycles. The van der Waals surface area contributed by atoms with Crippen LogP contribution in [0.15, 0.2) is 48.8 Å². The first-order chi connectivity index (χ1) is 18.1. The van der Waals surface area contributed by atoms with Crippen LogP contribution in [0.3, 0.4) is 0 Å². The minimum absolute atomic E-state index is 0.0902. The number of nitrogens with one attached hydrogen (secondary N) is 2. The van der Waals surface area contributed by atoms with Gasteiger partial charge in [-0.15, -0.1) is 5.10 Å². The van der Waals surface area contributed by atoms with Crippen LogP contribution in [-0.2, 0) is 19.8 Å². The molecule has 0 aliphatic heterocycles. The van der Waals surface area contributed by atoms with Crippen LogP contribution in [0, 0.1) is 13.8 Å². The van der Waals surface area contributed by atoms with Gasteiger partial charge in [0.05, 0.1) is 23.6 Å². The molecule has 0 spiro atoms. The summed E-state index contributed by atoms with van der Waals surface area (Å²) in [4.78, 5) is 13.1. The van der Waals surface area contributed by atoms with E-state index in [1.54, 1.807) is 46.0 Å². The third-order valence-electron chi connectivity index (χ3n) is 7.00. The molecule has 5 rings (SSSR count). The predicted molar refractivity (Wildman–Crippen MR) is 137 cm³/mol. The molecule has 0 saturated heterocycles. The van der Waals surface area contributed by atoms with Gasteiger partial charge in [0.15, 0.2) is 0 Å². The van der Waals surface area contributed by atoms with Crippen LogP contribution in [0.5, 0.6) is 0 Å². The topological polar surface area (TPSA) is 89.7 Å². The fourth-order valence-corrected chi connectivity index (χ4v) is 4.36. The summed E-state index contributed by atoms with van der Waals surface area (Å²) in [5.41, 5.74) is 3.94. The Kier molecular flexibility index (Phi) is 6.78. The average molecular weight is 524 g/mol. The van der Waals surface area contributed by atoms with E-state index in [1.807, 2.05) is 20.9 Å². The monoisotopic (exact) mass is 523 g/mol. The highest BCUT2D eigenvalue weighted by Crippen LogP contribution is 2.32. The number of benzene rings is 2. The van der Waals surface area contributed by atoms with Gasteiger partial charge < -0.3 is 10.6 Å².